The minimum atomic E-state index is 0.107. The van der Waals surface area contributed by atoms with Crippen LogP contribution in [0.4, 0.5) is 5.69 Å². The maximum atomic E-state index is 6.35. The van der Waals surface area contributed by atoms with E-state index in [1.807, 2.05) is 5.83 Å². The monoisotopic (exact) mass is 366 g/mol. The first kappa shape index (κ1) is 15.9. The number of hydrogen-bond donors (Lipinski definition) is 1. The lowest BCUT2D eigenvalue weighted by molar-refractivity contribution is -0.834. The van der Waals surface area contributed by atoms with Gasteiger partial charge in [-0.2, -0.15) is 0 Å². The standard InChI is InChI=1S/C17H21NO2.CH3Br/c1-3-18-11-10-17-9-5-4-6-14(17)20-16-13(19-2)8-7-12(18)15(16)17;1-2/h5,7-9,14H,3-4,6,10-11H2,1-2H3;1H3/p+1/t14-,17-;/m1./s1. The molecule has 0 amide bonds. The van der Waals surface area contributed by atoms with E-state index in [0.717, 1.165) is 30.9 Å². The van der Waals surface area contributed by atoms with Crippen molar-refractivity contribution < 1.29 is 14.4 Å². The predicted molar refractivity (Wildman–Crippen MR) is 93.0 cm³/mol. The number of hydrogen-bond acceptors (Lipinski definition) is 2. The Morgan fingerprint density at radius 3 is 2.95 bits per heavy atom. The summed E-state index contributed by atoms with van der Waals surface area (Å²) in [5, 5.41) is 0. The van der Waals surface area contributed by atoms with Gasteiger partial charge in [-0.05, 0) is 31.7 Å². The maximum Gasteiger partial charge on any atom is 0.171 e. The number of alkyl halides is 1. The van der Waals surface area contributed by atoms with Crippen LogP contribution in [-0.4, -0.2) is 32.1 Å². The highest BCUT2D eigenvalue weighted by Gasteiger charge is 2.54. The molecule has 2 aliphatic heterocycles. The van der Waals surface area contributed by atoms with E-state index in [0.29, 0.717) is 6.10 Å². The number of halogens is 1. The van der Waals surface area contributed by atoms with E-state index in [9.17, 15) is 0 Å². The van der Waals surface area contributed by atoms with Crippen LogP contribution in [0.3, 0.4) is 0 Å². The molecule has 1 spiro atoms. The van der Waals surface area contributed by atoms with Gasteiger partial charge < -0.3 is 14.4 Å². The number of ether oxygens (including phenoxy) is 2. The van der Waals surface area contributed by atoms with E-state index in [1.165, 1.54) is 24.2 Å². The highest BCUT2D eigenvalue weighted by Crippen LogP contribution is 2.56. The first-order chi connectivity index (χ1) is 10.8. The Hall–Kier alpha value is -1.00. The molecule has 1 N–H and O–H groups in total. The second-order valence-electron chi connectivity index (χ2n) is 6.10. The van der Waals surface area contributed by atoms with Crippen LogP contribution in [0.5, 0.6) is 11.5 Å². The average molecular weight is 367 g/mol. The molecule has 22 heavy (non-hydrogen) atoms. The highest BCUT2D eigenvalue weighted by atomic mass is 79.9. The smallest absolute Gasteiger partial charge is 0.171 e. The Labute approximate surface area is 141 Å². The van der Waals surface area contributed by atoms with Gasteiger partial charge in [-0.1, -0.05) is 28.1 Å². The molecule has 0 saturated carbocycles. The van der Waals surface area contributed by atoms with Gasteiger partial charge in [0.05, 0.1) is 31.2 Å². The molecule has 1 aromatic rings. The molecule has 3 atom stereocenters. The summed E-state index contributed by atoms with van der Waals surface area (Å²) in [5.74, 6) is 3.71. The van der Waals surface area contributed by atoms with Gasteiger partial charge in [0.15, 0.2) is 11.5 Å². The Kier molecular flexibility index (Phi) is 4.51. The third-order valence-corrected chi connectivity index (χ3v) is 5.30. The van der Waals surface area contributed by atoms with Gasteiger partial charge in [-0.3, -0.25) is 0 Å². The normalized spacial score (nSPS) is 30.5. The van der Waals surface area contributed by atoms with Crippen molar-refractivity contribution in [2.45, 2.75) is 37.7 Å². The second-order valence-corrected chi connectivity index (χ2v) is 6.10. The zero-order chi connectivity index (χ0) is 15.7. The third kappa shape index (κ3) is 2.11. The molecule has 120 valence electrons. The van der Waals surface area contributed by atoms with Gasteiger partial charge in [0, 0.05) is 12.5 Å². The summed E-state index contributed by atoms with van der Waals surface area (Å²) in [4.78, 5) is 1.57. The van der Waals surface area contributed by atoms with E-state index in [1.54, 1.807) is 12.0 Å². The number of rotatable bonds is 2. The van der Waals surface area contributed by atoms with Gasteiger partial charge >= 0.3 is 0 Å². The topological polar surface area (TPSA) is 22.9 Å². The van der Waals surface area contributed by atoms with Crippen LogP contribution in [0, 0.1) is 0 Å². The van der Waals surface area contributed by atoms with Crippen molar-refractivity contribution in [1.29, 1.82) is 0 Å². The lowest BCUT2D eigenvalue weighted by Crippen LogP contribution is -3.08. The molecule has 0 fully saturated rings. The fraction of sp³-hybridized carbons (Fsp3) is 0.556. The lowest BCUT2D eigenvalue weighted by atomic mass is 9.68. The van der Waals surface area contributed by atoms with Crippen molar-refractivity contribution in [3.05, 3.63) is 29.8 Å². The van der Waals surface area contributed by atoms with Gasteiger partial charge in [0.2, 0.25) is 0 Å². The van der Waals surface area contributed by atoms with Gasteiger partial charge in [-0.25, -0.2) is 0 Å². The summed E-state index contributed by atoms with van der Waals surface area (Å²) in [6, 6.07) is 4.31. The lowest BCUT2D eigenvalue weighted by Gasteiger charge is -2.39. The van der Waals surface area contributed by atoms with Crippen molar-refractivity contribution >= 4 is 21.6 Å². The van der Waals surface area contributed by atoms with Crippen LogP contribution in [0.15, 0.2) is 24.3 Å². The largest absolute Gasteiger partial charge is 0.493 e. The summed E-state index contributed by atoms with van der Waals surface area (Å²) in [6.07, 6.45) is 8.50. The molecule has 0 bridgehead atoms. The molecule has 3 aliphatic rings. The van der Waals surface area contributed by atoms with E-state index in [4.69, 9.17) is 9.47 Å². The van der Waals surface area contributed by atoms with Crippen molar-refractivity contribution in [3.63, 3.8) is 0 Å². The maximum absolute atomic E-state index is 6.35. The van der Waals surface area contributed by atoms with Gasteiger partial charge in [0.25, 0.3) is 0 Å². The molecule has 0 radical (unpaired) electrons. The van der Waals surface area contributed by atoms with Crippen LogP contribution in [0.25, 0.3) is 0 Å². The van der Waals surface area contributed by atoms with Crippen molar-refractivity contribution in [3.8, 4) is 11.5 Å². The van der Waals surface area contributed by atoms with Crippen molar-refractivity contribution in [1.82, 2.24) is 0 Å². The molecule has 4 heteroatoms. The molecule has 3 nitrogen and oxygen atoms in total. The molecular formula is C18H25BrNO2+. The third-order valence-electron chi connectivity index (χ3n) is 5.30. The molecule has 4 rings (SSSR count). The predicted octanol–water partition coefficient (Wildman–Crippen LogP) is 3.00. The van der Waals surface area contributed by atoms with Crippen LogP contribution in [0.1, 0.15) is 31.7 Å². The van der Waals surface area contributed by atoms with E-state index in [2.05, 4.69) is 47.1 Å². The Balaban J connectivity index is 0.000000693. The van der Waals surface area contributed by atoms with Crippen molar-refractivity contribution in [2.75, 3.05) is 26.0 Å². The van der Waals surface area contributed by atoms with Crippen LogP contribution in [0.2, 0.25) is 0 Å². The van der Waals surface area contributed by atoms with Crippen molar-refractivity contribution in [2.24, 2.45) is 0 Å². The fourth-order valence-electron chi connectivity index (χ4n) is 4.28. The quantitative estimate of drug-likeness (QED) is 0.642. The first-order valence-electron chi connectivity index (χ1n) is 8.09. The van der Waals surface area contributed by atoms with Crippen LogP contribution < -0.4 is 14.4 Å². The number of allylic oxidation sites excluding steroid dienone is 1. The minimum absolute atomic E-state index is 0.107. The Morgan fingerprint density at radius 1 is 1.41 bits per heavy atom. The Bertz CT molecular complexity index is 587. The zero-order valence-electron chi connectivity index (χ0n) is 13.6. The van der Waals surface area contributed by atoms with Crippen LogP contribution in [-0.2, 0) is 5.41 Å². The summed E-state index contributed by atoms with van der Waals surface area (Å²) < 4.78 is 11.9. The Morgan fingerprint density at radius 2 is 2.23 bits per heavy atom. The molecule has 2 heterocycles. The van der Waals surface area contributed by atoms with Crippen LogP contribution >= 0.6 is 15.9 Å². The summed E-state index contributed by atoms with van der Waals surface area (Å²) in [6.45, 7) is 4.58. The molecular weight excluding hydrogens is 342 g/mol. The SMILES string of the molecule is CBr.CC[NH+]1CC[C@]23C=CCC[C@H]2Oc2c(OC)ccc1c23. The molecule has 1 aliphatic carbocycles. The minimum Gasteiger partial charge on any atom is -0.493 e. The molecule has 0 saturated heterocycles. The number of nitrogens with one attached hydrogen (secondary N) is 1. The number of methoxy groups -OCH3 is 1. The summed E-state index contributed by atoms with van der Waals surface area (Å²) in [5.41, 5.74) is 2.93. The molecule has 0 aromatic heterocycles. The zero-order valence-corrected chi connectivity index (χ0v) is 15.2. The highest BCUT2D eigenvalue weighted by molar-refractivity contribution is 9.08. The summed E-state index contributed by atoms with van der Waals surface area (Å²) in [7, 11) is 1.74. The van der Waals surface area contributed by atoms with Gasteiger partial charge in [0.1, 0.15) is 11.8 Å². The van der Waals surface area contributed by atoms with E-state index >= 15 is 0 Å². The van der Waals surface area contributed by atoms with E-state index < -0.39 is 0 Å². The summed E-state index contributed by atoms with van der Waals surface area (Å²) >= 11 is 2.94. The average Bonchev–Trinajstić information content (AvgIpc) is 2.94. The van der Waals surface area contributed by atoms with E-state index in [-0.39, 0.29) is 5.41 Å². The second kappa shape index (κ2) is 6.25. The molecule has 1 unspecified atom stereocenters. The van der Waals surface area contributed by atoms with Gasteiger partial charge in [-0.15, -0.1) is 0 Å². The number of benzene rings is 1. The number of quaternary nitrogens is 1. The first-order valence-corrected chi connectivity index (χ1v) is 9.67. The fourth-order valence-corrected chi connectivity index (χ4v) is 4.28. The molecule has 1 aromatic carbocycles.